The zero-order valence-corrected chi connectivity index (χ0v) is 19.4. The highest BCUT2D eigenvalue weighted by Gasteiger charge is 2.19. The molecule has 0 saturated carbocycles. The molecule has 3 aromatic rings. The van der Waals surface area contributed by atoms with Gasteiger partial charge < -0.3 is 14.3 Å². The highest BCUT2D eigenvalue weighted by Crippen LogP contribution is 2.24. The summed E-state index contributed by atoms with van der Waals surface area (Å²) in [5, 5.41) is 11.4. The third kappa shape index (κ3) is 6.11. The van der Waals surface area contributed by atoms with E-state index in [0.717, 1.165) is 43.7 Å². The van der Waals surface area contributed by atoms with Gasteiger partial charge in [-0.25, -0.2) is 4.79 Å². The number of rotatable bonds is 8. The van der Waals surface area contributed by atoms with Crippen molar-refractivity contribution in [3.05, 3.63) is 81.7 Å². The van der Waals surface area contributed by atoms with Crippen molar-refractivity contribution in [2.75, 3.05) is 45.9 Å². The smallest absolute Gasteiger partial charge is 0.339 e. The van der Waals surface area contributed by atoms with Gasteiger partial charge in [0.2, 0.25) is 0 Å². The lowest BCUT2D eigenvalue weighted by molar-refractivity contribution is 0.0482. The van der Waals surface area contributed by atoms with Crippen molar-refractivity contribution >= 4 is 17.0 Å². The molecular weight excluding hydrogens is 416 g/mol. The number of piperazine rings is 1. The van der Waals surface area contributed by atoms with Crippen molar-refractivity contribution in [1.82, 2.24) is 9.80 Å². The van der Waals surface area contributed by atoms with E-state index in [0.29, 0.717) is 23.4 Å². The average molecular weight is 449 g/mol. The van der Waals surface area contributed by atoms with Crippen molar-refractivity contribution in [2.24, 2.45) is 0 Å². The molecule has 1 aromatic heterocycles. The van der Waals surface area contributed by atoms with Crippen molar-refractivity contribution in [2.45, 2.75) is 20.0 Å². The van der Waals surface area contributed by atoms with Crippen LogP contribution in [0.3, 0.4) is 0 Å². The molecule has 2 aromatic carbocycles. The number of aliphatic hydroxyl groups is 1. The summed E-state index contributed by atoms with van der Waals surface area (Å²) in [6.45, 7) is 9.21. The van der Waals surface area contributed by atoms with Crippen LogP contribution in [0.4, 0.5) is 0 Å². The molecule has 0 radical (unpaired) electrons. The molecule has 6 heteroatoms. The Balaban J connectivity index is 1.21. The van der Waals surface area contributed by atoms with Gasteiger partial charge in [-0.3, -0.25) is 9.80 Å². The molecule has 1 N–H and O–H groups in total. The average Bonchev–Trinajstić information content (AvgIpc) is 2.83. The van der Waals surface area contributed by atoms with E-state index in [2.05, 4.69) is 34.1 Å². The lowest BCUT2D eigenvalue weighted by Gasteiger charge is -2.35. The summed E-state index contributed by atoms with van der Waals surface area (Å²) in [6.07, 6.45) is 3.78. The molecule has 0 bridgehead atoms. The monoisotopic (exact) mass is 448 g/mol. The molecule has 4 rings (SSSR count). The van der Waals surface area contributed by atoms with Gasteiger partial charge in [-0.2, -0.15) is 0 Å². The number of hydrogen-bond acceptors (Lipinski definition) is 6. The Bertz CT molecular complexity index is 1150. The third-order valence-corrected chi connectivity index (χ3v) is 6.28. The molecule has 2 heterocycles. The fourth-order valence-corrected chi connectivity index (χ4v) is 4.12. The Hall–Kier alpha value is -2.93. The van der Waals surface area contributed by atoms with E-state index in [1.165, 1.54) is 5.56 Å². The fourth-order valence-electron chi connectivity index (χ4n) is 4.12. The van der Waals surface area contributed by atoms with Gasteiger partial charge in [0.05, 0.1) is 0 Å². The summed E-state index contributed by atoms with van der Waals surface area (Å²) in [7, 11) is 0. The Morgan fingerprint density at radius 1 is 1.03 bits per heavy atom. The summed E-state index contributed by atoms with van der Waals surface area (Å²) in [5.74, 6) is 0.586. The maximum Gasteiger partial charge on any atom is 0.339 e. The minimum absolute atomic E-state index is 0.195. The highest BCUT2D eigenvalue weighted by molar-refractivity contribution is 5.82. The van der Waals surface area contributed by atoms with Crippen molar-refractivity contribution in [1.29, 1.82) is 0 Å². The van der Waals surface area contributed by atoms with E-state index >= 15 is 0 Å². The number of β-amino-alcohol motifs (C(OH)–C–C–N with tert-alkyl or cyclic N) is 1. The highest BCUT2D eigenvalue weighted by atomic mass is 16.5. The standard InChI is InChI=1S/C27H32N2O4/c1-20-21(2)27(31)33-26-17-24(10-11-25(20)26)32-19-23(30)18-29-15-13-28(14-16-29)12-6-9-22-7-4-3-5-8-22/h3-11,17,23,30H,12-16,18-19H2,1-2H3/b9-6+. The molecule has 1 aliphatic heterocycles. The van der Waals surface area contributed by atoms with Crippen LogP contribution in [0.1, 0.15) is 16.7 Å². The van der Waals surface area contributed by atoms with Gasteiger partial charge in [-0.05, 0) is 37.1 Å². The molecule has 1 atom stereocenters. The number of aliphatic hydroxyl groups excluding tert-OH is 1. The van der Waals surface area contributed by atoms with Gasteiger partial charge in [0.15, 0.2) is 0 Å². The van der Waals surface area contributed by atoms with Crippen LogP contribution in [-0.4, -0.2) is 66.9 Å². The topological polar surface area (TPSA) is 66.2 Å². The lowest BCUT2D eigenvalue weighted by atomic mass is 10.1. The maximum atomic E-state index is 11.9. The summed E-state index contributed by atoms with van der Waals surface area (Å²) in [4.78, 5) is 16.6. The molecule has 6 nitrogen and oxygen atoms in total. The number of ether oxygens (including phenoxy) is 1. The van der Waals surface area contributed by atoms with Crippen LogP contribution >= 0.6 is 0 Å². The first-order chi connectivity index (χ1) is 16.0. The molecular formula is C27H32N2O4. The van der Waals surface area contributed by atoms with Crippen LogP contribution in [-0.2, 0) is 0 Å². The summed E-state index contributed by atoms with van der Waals surface area (Å²) >= 11 is 0. The maximum absolute atomic E-state index is 11.9. The predicted molar refractivity (Wildman–Crippen MR) is 132 cm³/mol. The predicted octanol–water partition coefficient (Wildman–Crippen LogP) is 3.48. The molecule has 1 unspecified atom stereocenters. The Labute approximate surface area is 194 Å². The number of hydrogen-bond donors (Lipinski definition) is 1. The van der Waals surface area contributed by atoms with Crippen LogP contribution < -0.4 is 10.4 Å². The van der Waals surface area contributed by atoms with E-state index in [9.17, 15) is 9.90 Å². The minimum atomic E-state index is -0.586. The van der Waals surface area contributed by atoms with Crippen LogP contribution in [0.15, 0.2) is 63.8 Å². The van der Waals surface area contributed by atoms with Crippen molar-refractivity contribution in [3.8, 4) is 5.75 Å². The number of aryl methyl sites for hydroxylation is 1. The SMILES string of the molecule is Cc1c(C)c2ccc(OCC(O)CN3CCN(C/C=C/c4ccccc4)CC3)cc2oc1=O. The van der Waals surface area contributed by atoms with E-state index in [1.54, 1.807) is 13.0 Å². The van der Waals surface area contributed by atoms with Crippen molar-refractivity contribution < 1.29 is 14.3 Å². The summed E-state index contributed by atoms with van der Waals surface area (Å²) < 4.78 is 11.2. The Morgan fingerprint density at radius 3 is 2.52 bits per heavy atom. The van der Waals surface area contributed by atoms with Crippen LogP contribution in [0, 0.1) is 13.8 Å². The second-order valence-corrected chi connectivity index (χ2v) is 8.68. The molecule has 1 aliphatic rings. The molecule has 0 spiro atoms. The number of fused-ring (bicyclic) bond motifs is 1. The second-order valence-electron chi connectivity index (χ2n) is 8.68. The molecule has 1 fully saturated rings. The zero-order valence-electron chi connectivity index (χ0n) is 19.4. The van der Waals surface area contributed by atoms with Crippen LogP contribution in [0.25, 0.3) is 17.0 Å². The minimum Gasteiger partial charge on any atom is -0.491 e. The van der Waals surface area contributed by atoms with Crippen molar-refractivity contribution in [3.63, 3.8) is 0 Å². The first-order valence-electron chi connectivity index (χ1n) is 11.5. The molecule has 174 valence electrons. The van der Waals surface area contributed by atoms with E-state index in [-0.39, 0.29) is 12.2 Å². The van der Waals surface area contributed by atoms with E-state index in [4.69, 9.17) is 9.15 Å². The Kier molecular flexibility index (Phi) is 7.60. The molecule has 1 saturated heterocycles. The third-order valence-electron chi connectivity index (χ3n) is 6.28. The molecule has 0 aliphatic carbocycles. The van der Waals surface area contributed by atoms with Gasteiger partial charge in [0, 0.05) is 56.3 Å². The lowest BCUT2D eigenvalue weighted by Crippen LogP contribution is -2.49. The summed E-state index contributed by atoms with van der Waals surface area (Å²) in [5.41, 5.74) is 2.94. The zero-order chi connectivity index (χ0) is 23.2. The normalized spacial score (nSPS) is 16.5. The largest absolute Gasteiger partial charge is 0.491 e. The van der Waals surface area contributed by atoms with E-state index in [1.807, 2.05) is 37.3 Å². The Morgan fingerprint density at radius 2 is 1.76 bits per heavy atom. The van der Waals surface area contributed by atoms with Crippen LogP contribution in [0.5, 0.6) is 5.75 Å². The number of benzene rings is 2. The van der Waals surface area contributed by atoms with Gasteiger partial charge in [0.25, 0.3) is 0 Å². The summed E-state index contributed by atoms with van der Waals surface area (Å²) in [6, 6.07) is 15.8. The van der Waals surface area contributed by atoms with E-state index < -0.39 is 6.10 Å². The fraction of sp³-hybridized carbons (Fsp3) is 0.370. The molecule has 33 heavy (non-hydrogen) atoms. The quantitative estimate of drug-likeness (QED) is 0.533. The van der Waals surface area contributed by atoms with Gasteiger partial charge in [-0.15, -0.1) is 0 Å². The van der Waals surface area contributed by atoms with Gasteiger partial charge >= 0.3 is 5.63 Å². The second kappa shape index (κ2) is 10.8. The first kappa shape index (κ1) is 23.2. The van der Waals surface area contributed by atoms with Crippen LogP contribution in [0.2, 0.25) is 0 Å². The van der Waals surface area contributed by atoms with Gasteiger partial charge in [0.1, 0.15) is 24.0 Å². The molecule has 0 amide bonds. The van der Waals surface area contributed by atoms with Gasteiger partial charge in [-0.1, -0.05) is 42.5 Å². The number of nitrogens with zero attached hydrogens (tertiary/aromatic N) is 2. The first-order valence-corrected chi connectivity index (χ1v) is 11.5.